The molecule has 0 spiro atoms. The molecule has 0 bridgehead atoms. The number of carbonyl (C=O) groups excluding carboxylic acids is 4. The van der Waals surface area contributed by atoms with E-state index >= 15 is 0 Å². The van der Waals surface area contributed by atoms with E-state index in [1.165, 1.54) is 26.7 Å². The molecule has 0 aliphatic heterocycles. The van der Waals surface area contributed by atoms with Gasteiger partial charge in [0.15, 0.2) is 0 Å². The van der Waals surface area contributed by atoms with Crippen molar-refractivity contribution >= 4 is 24.0 Å². The Hall–Kier alpha value is -1.72. The monoisotopic (exact) mass is 530 g/mol. The van der Waals surface area contributed by atoms with Crippen molar-refractivity contribution in [2.24, 2.45) is 51.2 Å². The zero-order chi connectivity index (χ0) is 28.3. The fraction of sp³-hybridized carbons (Fsp3) is 0.875. The number of ketones is 1. The summed E-state index contributed by atoms with van der Waals surface area (Å²) in [5, 5.41) is 0. The van der Waals surface area contributed by atoms with E-state index in [-0.39, 0.29) is 40.9 Å². The molecular weight excluding hydrogens is 480 g/mol. The molecule has 0 heterocycles. The molecule has 0 aromatic carbocycles. The van der Waals surface area contributed by atoms with Gasteiger partial charge in [0.05, 0.1) is 5.92 Å². The molecule has 0 saturated heterocycles. The maximum Gasteiger partial charge on any atom is 0.305 e. The lowest BCUT2D eigenvalue weighted by Crippen LogP contribution is -2.70. The number of aldehydes is 1. The molecule has 4 fully saturated rings. The minimum Gasteiger partial charge on any atom is -0.462 e. The Balaban J connectivity index is 1.87. The van der Waals surface area contributed by atoms with Crippen LogP contribution in [0.15, 0.2) is 0 Å². The predicted molar refractivity (Wildman–Crippen MR) is 145 cm³/mol. The highest BCUT2D eigenvalue weighted by Crippen LogP contribution is 2.74. The summed E-state index contributed by atoms with van der Waals surface area (Å²) in [6.45, 7) is 16.4. The lowest BCUT2D eigenvalue weighted by atomic mass is 9.33. The predicted octanol–water partition coefficient (Wildman–Crippen LogP) is 6.33. The van der Waals surface area contributed by atoms with E-state index in [9.17, 15) is 19.2 Å². The number of fused-ring (bicyclic) bond motifs is 5. The Labute approximate surface area is 229 Å². The van der Waals surface area contributed by atoms with Crippen molar-refractivity contribution in [1.29, 1.82) is 0 Å². The van der Waals surface area contributed by atoms with Crippen molar-refractivity contribution in [3.63, 3.8) is 0 Å². The maximum absolute atomic E-state index is 13.0. The first kappa shape index (κ1) is 29.3. The van der Waals surface area contributed by atoms with Crippen LogP contribution in [0.2, 0.25) is 0 Å². The minimum atomic E-state index is -0.729. The Morgan fingerprint density at radius 3 is 2.08 bits per heavy atom. The number of Topliss-reactive ketones (excluding diaryl/α,β-unsaturated/α-hetero) is 1. The molecule has 4 rings (SSSR count). The average molecular weight is 531 g/mol. The summed E-state index contributed by atoms with van der Waals surface area (Å²) in [5.41, 5.74) is -0.444. The van der Waals surface area contributed by atoms with Crippen LogP contribution in [0, 0.1) is 51.2 Å². The molecule has 0 N–H and O–H groups in total. The van der Waals surface area contributed by atoms with Gasteiger partial charge in [0, 0.05) is 24.7 Å². The summed E-state index contributed by atoms with van der Waals surface area (Å²) in [6, 6.07) is 0. The molecule has 38 heavy (non-hydrogen) atoms. The second kappa shape index (κ2) is 10.0. The number of ether oxygens (including phenoxy) is 2. The summed E-state index contributed by atoms with van der Waals surface area (Å²) < 4.78 is 12.1. The molecule has 11 atom stereocenters. The molecule has 6 nitrogen and oxygen atoms in total. The normalized spacial score (nSPS) is 48.1. The zero-order valence-corrected chi connectivity index (χ0v) is 24.9. The van der Waals surface area contributed by atoms with Crippen LogP contribution in [0.4, 0.5) is 0 Å². The van der Waals surface area contributed by atoms with Crippen LogP contribution < -0.4 is 0 Å². The van der Waals surface area contributed by atoms with Gasteiger partial charge in [-0.05, 0) is 79.4 Å². The lowest BCUT2D eigenvalue weighted by molar-refractivity contribution is -0.263. The number of carbonyl (C=O) groups is 4. The first-order valence-corrected chi connectivity index (χ1v) is 15.0. The molecule has 4 aliphatic carbocycles. The van der Waals surface area contributed by atoms with Gasteiger partial charge in [-0.1, -0.05) is 54.4 Å². The van der Waals surface area contributed by atoms with Crippen molar-refractivity contribution < 1.29 is 28.7 Å². The molecule has 0 aromatic rings. The van der Waals surface area contributed by atoms with Crippen LogP contribution in [0.3, 0.4) is 0 Å². The van der Waals surface area contributed by atoms with Gasteiger partial charge in [0.2, 0.25) is 0 Å². The van der Waals surface area contributed by atoms with Gasteiger partial charge < -0.3 is 14.3 Å². The van der Waals surface area contributed by atoms with Crippen molar-refractivity contribution in [2.75, 3.05) is 0 Å². The van der Waals surface area contributed by atoms with Crippen molar-refractivity contribution in [3.8, 4) is 0 Å². The Bertz CT molecular complexity index is 975. The number of hydrogen-bond acceptors (Lipinski definition) is 6. The topological polar surface area (TPSA) is 86.7 Å². The highest BCUT2D eigenvalue weighted by atomic mass is 16.5. The molecule has 214 valence electrons. The van der Waals surface area contributed by atoms with E-state index in [1.54, 1.807) is 6.92 Å². The van der Waals surface area contributed by atoms with E-state index in [2.05, 4.69) is 34.6 Å². The van der Waals surface area contributed by atoms with E-state index in [4.69, 9.17) is 9.47 Å². The molecule has 0 aromatic heterocycles. The second-order valence-electron chi connectivity index (χ2n) is 14.2. The second-order valence-corrected chi connectivity index (χ2v) is 14.2. The number of rotatable bonds is 6. The van der Waals surface area contributed by atoms with E-state index < -0.39 is 29.5 Å². The first-order chi connectivity index (χ1) is 17.7. The zero-order valence-electron chi connectivity index (χ0n) is 24.9. The van der Waals surface area contributed by atoms with Gasteiger partial charge >= 0.3 is 11.9 Å². The van der Waals surface area contributed by atoms with Crippen molar-refractivity contribution in [2.45, 2.75) is 125 Å². The molecule has 0 amide bonds. The molecule has 0 radical (unpaired) electrons. The van der Waals surface area contributed by atoms with Gasteiger partial charge in [0.25, 0.3) is 0 Å². The molecule has 6 heteroatoms. The summed E-state index contributed by atoms with van der Waals surface area (Å²) in [7, 11) is 0. The first-order valence-electron chi connectivity index (χ1n) is 15.0. The van der Waals surface area contributed by atoms with Gasteiger partial charge in [0.1, 0.15) is 24.3 Å². The summed E-state index contributed by atoms with van der Waals surface area (Å²) in [4.78, 5) is 51.0. The Morgan fingerprint density at radius 1 is 0.868 bits per heavy atom. The summed E-state index contributed by atoms with van der Waals surface area (Å²) >= 11 is 0. The third-order valence-electron chi connectivity index (χ3n) is 12.6. The summed E-state index contributed by atoms with van der Waals surface area (Å²) in [5.74, 6) is -1.37. The fourth-order valence-electron chi connectivity index (χ4n) is 10.7. The quantitative estimate of drug-likeness (QED) is 0.295. The van der Waals surface area contributed by atoms with Gasteiger partial charge in [-0.2, -0.15) is 0 Å². The standard InChI is InChI=1S/C32H50O6/c1-9-27(36)38-22-16-25-31(7)15-12-23-29(5,10-2)13-11-14-30(23,6)24(31)17-26(37-20(4)35)32(25,8)21(18-33)28(22)19(3)34/h18,21-26,28H,9-17H2,1-8H3/t21-,22-,23-,24+,25-,26-,28-,29-,30-,31+,32+/m0/s1. The van der Waals surface area contributed by atoms with Gasteiger partial charge in [-0.25, -0.2) is 0 Å². The largest absolute Gasteiger partial charge is 0.462 e. The third kappa shape index (κ3) is 4.18. The van der Waals surface area contributed by atoms with Crippen LogP contribution in [-0.2, 0) is 28.7 Å². The molecule has 4 aliphatic rings. The Kier molecular flexibility index (Phi) is 7.73. The van der Waals surface area contributed by atoms with Crippen LogP contribution in [0.1, 0.15) is 113 Å². The number of hydrogen-bond donors (Lipinski definition) is 0. The smallest absolute Gasteiger partial charge is 0.305 e. The molecule has 4 saturated carbocycles. The Morgan fingerprint density at radius 2 is 1.53 bits per heavy atom. The lowest BCUT2D eigenvalue weighted by Gasteiger charge is -2.71. The van der Waals surface area contributed by atoms with Crippen LogP contribution in [0.25, 0.3) is 0 Å². The highest BCUT2D eigenvalue weighted by molar-refractivity contribution is 5.83. The average Bonchev–Trinajstić information content (AvgIpc) is 2.84. The van der Waals surface area contributed by atoms with E-state index in [1.807, 2.05) is 0 Å². The van der Waals surface area contributed by atoms with Crippen LogP contribution in [-0.4, -0.2) is 36.2 Å². The van der Waals surface area contributed by atoms with Crippen LogP contribution in [0.5, 0.6) is 0 Å². The highest BCUT2D eigenvalue weighted by Gasteiger charge is 2.71. The third-order valence-corrected chi connectivity index (χ3v) is 12.6. The van der Waals surface area contributed by atoms with Crippen LogP contribution >= 0.6 is 0 Å². The fourth-order valence-corrected chi connectivity index (χ4v) is 10.7. The van der Waals surface area contributed by atoms with Gasteiger partial charge in [-0.15, -0.1) is 0 Å². The number of esters is 2. The maximum atomic E-state index is 13.0. The van der Waals surface area contributed by atoms with Gasteiger partial charge in [-0.3, -0.25) is 14.4 Å². The minimum absolute atomic E-state index is 0.0221. The van der Waals surface area contributed by atoms with Crippen molar-refractivity contribution in [3.05, 3.63) is 0 Å². The van der Waals surface area contributed by atoms with Crippen molar-refractivity contribution in [1.82, 2.24) is 0 Å². The van der Waals surface area contributed by atoms with E-state index in [0.29, 0.717) is 30.1 Å². The molecule has 0 unspecified atom stereocenters. The SMILES string of the molecule is CCC(=O)O[C@H]1C[C@H]2[C@]3(C)CC[C@H]4[C@@](C)(CC)CCC[C@]4(C)[C@H]3C[C@H](OC(C)=O)[C@]2(C)[C@@H](C=O)[C@@H]1C(C)=O. The molecular formula is C32H50O6. The van der Waals surface area contributed by atoms with E-state index in [0.717, 1.165) is 32.0 Å². The summed E-state index contributed by atoms with van der Waals surface area (Å²) in [6.07, 6.45) is 8.19.